The molecule has 0 aliphatic heterocycles. The van der Waals surface area contributed by atoms with Crippen LogP contribution in [0.1, 0.15) is 12.1 Å². The average Bonchev–Trinajstić information content (AvgIpc) is 2.80. The maximum absolute atomic E-state index is 5.02. The topological polar surface area (TPSA) is 30.2 Å². The first kappa shape index (κ1) is 14.6. The fourth-order valence-corrected chi connectivity index (χ4v) is 3.67. The van der Waals surface area contributed by atoms with Crippen LogP contribution in [0.25, 0.3) is 33.2 Å². The van der Waals surface area contributed by atoms with Crippen molar-refractivity contribution in [3.05, 3.63) is 83.1 Å². The summed E-state index contributed by atoms with van der Waals surface area (Å²) >= 11 is 3.60. The lowest BCUT2D eigenvalue weighted by Gasteiger charge is -2.08. The van der Waals surface area contributed by atoms with Crippen molar-refractivity contribution >= 4 is 49.1 Å². The van der Waals surface area contributed by atoms with E-state index >= 15 is 0 Å². The lowest BCUT2D eigenvalue weighted by Crippen LogP contribution is -1.94. The maximum atomic E-state index is 5.02. The van der Waals surface area contributed by atoms with Gasteiger partial charge in [0.25, 0.3) is 0 Å². The lowest BCUT2D eigenvalue weighted by molar-refractivity contribution is 1.18. The van der Waals surface area contributed by atoms with Crippen molar-refractivity contribution in [2.75, 3.05) is 0 Å². The summed E-state index contributed by atoms with van der Waals surface area (Å²) in [6.45, 7) is 0. The van der Waals surface area contributed by atoms with Gasteiger partial charge in [-0.3, -0.25) is 4.40 Å². The number of pyridine rings is 2. The summed E-state index contributed by atoms with van der Waals surface area (Å²) in [6.07, 6.45) is 13.6. The van der Waals surface area contributed by atoms with Gasteiger partial charge in [0.15, 0.2) is 5.65 Å². The van der Waals surface area contributed by atoms with E-state index < -0.39 is 0 Å². The first-order valence-corrected chi connectivity index (χ1v) is 9.00. The molecular weight excluding hydrogens is 374 g/mol. The molecule has 0 atom stereocenters. The molecule has 3 heterocycles. The molecule has 0 saturated carbocycles. The molecular formula is C21H14BrN3. The number of hydrogen-bond donors (Lipinski definition) is 0. The highest BCUT2D eigenvalue weighted by atomic mass is 79.9. The predicted molar refractivity (Wildman–Crippen MR) is 107 cm³/mol. The molecule has 3 aromatic heterocycles. The molecule has 0 saturated heterocycles. The fraction of sp³-hybridized carbons (Fsp3) is 0.0476. The maximum Gasteiger partial charge on any atom is 0.165 e. The van der Waals surface area contributed by atoms with Gasteiger partial charge >= 0.3 is 0 Å². The Balaban J connectivity index is 1.97. The molecule has 0 N–H and O–H groups in total. The van der Waals surface area contributed by atoms with Gasteiger partial charge in [-0.15, -0.1) is 0 Å². The van der Waals surface area contributed by atoms with Gasteiger partial charge < -0.3 is 0 Å². The zero-order valence-corrected chi connectivity index (χ0v) is 14.9. The molecule has 1 aliphatic rings. The second kappa shape index (κ2) is 5.67. The molecule has 25 heavy (non-hydrogen) atoms. The minimum Gasteiger partial charge on any atom is -0.284 e. The van der Waals surface area contributed by atoms with Crippen LogP contribution in [0.15, 0.2) is 77.4 Å². The summed E-state index contributed by atoms with van der Waals surface area (Å²) in [5.74, 6) is 0. The molecule has 0 spiro atoms. The highest BCUT2D eigenvalue weighted by molar-refractivity contribution is 9.10. The van der Waals surface area contributed by atoms with Crippen LogP contribution in [-0.4, -0.2) is 14.4 Å². The number of benzene rings is 1. The van der Waals surface area contributed by atoms with Crippen molar-refractivity contribution in [3.8, 4) is 0 Å². The number of nitrogens with zero attached hydrogens (tertiary/aromatic N) is 3. The number of imidazole rings is 1. The number of fused-ring (bicyclic) bond motifs is 5. The molecule has 1 aromatic carbocycles. The highest BCUT2D eigenvalue weighted by Gasteiger charge is 2.15. The third-order valence-electron chi connectivity index (χ3n) is 4.47. The van der Waals surface area contributed by atoms with Crippen LogP contribution in [0.4, 0.5) is 0 Å². The molecule has 120 valence electrons. The molecule has 4 aromatic rings. The Hall–Kier alpha value is -2.72. The predicted octanol–water partition coefficient (Wildman–Crippen LogP) is 5.70. The summed E-state index contributed by atoms with van der Waals surface area (Å²) in [5.41, 5.74) is 4.84. The summed E-state index contributed by atoms with van der Waals surface area (Å²) < 4.78 is 3.09. The number of rotatable bonds is 1. The zero-order valence-electron chi connectivity index (χ0n) is 13.4. The molecule has 0 fully saturated rings. The van der Waals surface area contributed by atoms with Crippen molar-refractivity contribution in [2.24, 2.45) is 0 Å². The minimum atomic E-state index is 0.892. The van der Waals surface area contributed by atoms with Gasteiger partial charge in [-0.25, -0.2) is 9.97 Å². The summed E-state index contributed by atoms with van der Waals surface area (Å²) in [7, 11) is 0. The van der Waals surface area contributed by atoms with Gasteiger partial charge in [-0.2, -0.15) is 0 Å². The number of aromatic nitrogens is 3. The van der Waals surface area contributed by atoms with Crippen LogP contribution in [0, 0.1) is 0 Å². The Kier molecular flexibility index (Phi) is 3.31. The van der Waals surface area contributed by atoms with E-state index in [1.54, 1.807) is 0 Å². The van der Waals surface area contributed by atoms with E-state index in [1.807, 2.05) is 24.4 Å². The Morgan fingerprint density at radius 1 is 1.00 bits per heavy atom. The van der Waals surface area contributed by atoms with E-state index in [2.05, 4.69) is 68.9 Å². The number of hydrogen-bond acceptors (Lipinski definition) is 2. The number of halogens is 1. The van der Waals surface area contributed by atoms with E-state index in [9.17, 15) is 0 Å². The van der Waals surface area contributed by atoms with E-state index in [0.717, 1.165) is 49.7 Å². The second-order valence-electron chi connectivity index (χ2n) is 6.05. The van der Waals surface area contributed by atoms with Crippen LogP contribution in [0.5, 0.6) is 0 Å². The van der Waals surface area contributed by atoms with Crippen molar-refractivity contribution in [1.82, 2.24) is 14.4 Å². The van der Waals surface area contributed by atoms with Crippen LogP contribution in [0.2, 0.25) is 0 Å². The van der Waals surface area contributed by atoms with Crippen LogP contribution in [-0.2, 0) is 0 Å². The van der Waals surface area contributed by atoms with Crippen LogP contribution < -0.4 is 0 Å². The highest BCUT2D eigenvalue weighted by Crippen LogP contribution is 2.33. The number of allylic oxidation sites excluding steroid dienone is 6. The standard InChI is InChI=1S/C21H14BrN3/c22-15-10-11-16-17(13-15)19(14-7-3-1-2-4-8-14)24-21-20(16)23-18-9-5-6-12-25(18)21/h1,3-13H,2H2. The van der Waals surface area contributed by atoms with E-state index in [1.165, 1.54) is 0 Å². The van der Waals surface area contributed by atoms with E-state index in [0.29, 0.717) is 0 Å². The van der Waals surface area contributed by atoms with Crippen molar-refractivity contribution in [1.29, 1.82) is 0 Å². The lowest BCUT2D eigenvalue weighted by atomic mass is 10.0. The Morgan fingerprint density at radius 2 is 1.96 bits per heavy atom. The third kappa shape index (κ3) is 2.33. The molecule has 3 nitrogen and oxygen atoms in total. The van der Waals surface area contributed by atoms with Crippen molar-refractivity contribution in [2.45, 2.75) is 6.42 Å². The van der Waals surface area contributed by atoms with Crippen LogP contribution in [0.3, 0.4) is 0 Å². The van der Waals surface area contributed by atoms with Gasteiger partial charge in [0, 0.05) is 27.0 Å². The smallest absolute Gasteiger partial charge is 0.165 e. The van der Waals surface area contributed by atoms with Gasteiger partial charge in [0.1, 0.15) is 11.2 Å². The molecule has 4 heteroatoms. The Bertz CT molecular complexity index is 1230. The molecule has 0 radical (unpaired) electrons. The van der Waals surface area contributed by atoms with Gasteiger partial charge in [0.2, 0.25) is 0 Å². The molecule has 1 aliphatic carbocycles. The largest absolute Gasteiger partial charge is 0.284 e. The summed E-state index contributed by atoms with van der Waals surface area (Å²) in [5, 5.41) is 2.23. The quantitative estimate of drug-likeness (QED) is 0.419. The van der Waals surface area contributed by atoms with Gasteiger partial charge in [-0.05, 0) is 30.7 Å². The zero-order chi connectivity index (χ0) is 16.8. The van der Waals surface area contributed by atoms with Crippen LogP contribution >= 0.6 is 15.9 Å². The summed E-state index contributed by atoms with van der Waals surface area (Å²) in [6, 6.07) is 12.3. The molecule has 0 unspecified atom stereocenters. The first-order chi connectivity index (χ1) is 12.3. The van der Waals surface area contributed by atoms with Crippen molar-refractivity contribution < 1.29 is 0 Å². The Labute approximate surface area is 153 Å². The van der Waals surface area contributed by atoms with E-state index in [4.69, 9.17) is 9.97 Å². The normalized spacial score (nSPS) is 14.4. The minimum absolute atomic E-state index is 0.892. The fourth-order valence-electron chi connectivity index (χ4n) is 3.31. The summed E-state index contributed by atoms with van der Waals surface area (Å²) in [4.78, 5) is 9.84. The Morgan fingerprint density at radius 3 is 2.92 bits per heavy atom. The van der Waals surface area contributed by atoms with E-state index in [-0.39, 0.29) is 0 Å². The van der Waals surface area contributed by atoms with Crippen molar-refractivity contribution in [3.63, 3.8) is 0 Å². The van der Waals surface area contributed by atoms with Gasteiger partial charge in [-0.1, -0.05) is 58.4 Å². The second-order valence-corrected chi connectivity index (χ2v) is 6.97. The molecule has 5 rings (SSSR count). The average molecular weight is 388 g/mol. The molecule has 0 bridgehead atoms. The monoisotopic (exact) mass is 387 g/mol. The van der Waals surface area contributed by atoms with Gasteiger partial charge in [0.05, 0.1) is 5.69 Å². The SMILES string of the molecule is Brc1ccc2c(c1)c(C1=CC=CCC=C1)nc1c2nc2ccccn21. The first-order valence-electron chi connectivity index (χ1n) is 8.21. The molecule has 0 amide bonds. The third-order valence-corrected chi connectivity index (χ3v) is 4.96.